The molecule has 0 saturated carbocycles. The molecule has 0 aromatic rings. The summed E-state index contributed by atoms with van der Waals surface area (Å²) < 4.78 is 32.0. The molecular formula is C12H26O5S. The van der Waals surface area contributed by atoms with E-state index in [2.05, 4.69) is 6.92 Å². The van der Waals surface area contributed by atoms with Crippen LogP contribution in [0.4, 0.5) is 0 Å². The third-order valence-electron chi connectivity index (χ3n) is 2.73. The van der Waals surface area contributed by atoms with Crippen molar-refractivity contribution in [1.29, 1.82) is 0 Å². The van der Waals surface area contributed by atoms with E-state index in [9.17, 15) is 13.5 Å². The molecule has 0 aliphatic heterocycles. The highest BCUT2D eigenvalue weighted by Gasteiger charge is 2.19. The van der Waals surface area contributed by atoms with E-state index in [1.165, 1.54) is 0 Å². The minimum absolute atomic E-state index is 0.0188. The van der Waals surface area contributed by atoms with Crippen LogP contribution in [-0.4, -0.2) is 45.7 Å². The second-order valence-electron chi connectivity index (χ2n) is 4.48. The van der Waals surface area contributed by atoms with E-state index in [1.807, 2.05) is 6.92 Å². The number of unbranched alkanes of at least 4 members (excludes halogenated alkanes) is 1. The van der Waals surface area contributed by atoms with E-state index in [0.29, 0.717) is 26.1 Å². The van der Waals surface area contributed by atoms with Crippen LogP contribution in [0.2, 0.25) is 0 Å². The molecule has 110 valence electrons. The van der Waals surface area contributed by atoms with Gasteiger partial charge >= 0.3 is 0 Å². The van der Waals surface area contributed by atoms with Gasteiger partial charge in [-0.2, -0.15) is 8.42 Å². The normalized spacial score (nSPS) is 15.6. The maximum absolute atomic E-state index is 10.9. The average molecular weight is 282 g/mol. The Morgan fingerprint density at radius 1 is 1.22 bits per heavy atom. The lowest BCUT2D eigenvalue weighted by Crippen LogP contribution is -2.27. The van der Waals surface area contributed by atoms with Crippen LogP contribution in [-0.2, 0) is 19.0 Å². The van der Waals surface area contributed by atoms with Crippen molar-refractivity contribution in [3.63, 3.8) is 0 Å². The summed E-state index contributed by atoms with van der Waals surface area (Å²) in [6, 6.07) is 0. The highest BCUT2D eigenvalue weighted by Crippen LogP contribution is 2.14. The molecule has 18 heavy (non-hydrogen) atoms. The molecule has 0 rings (SSSR count). The number of rotatable bonds is 11. The summed E-state index contributed by atoms with van der Waals surface area (Å²) >= 11 is 0. The molecule has 6 heteroatoms. The van der Waals surface area contributed by atoms with E-state index >= 15 is 0 Å². The van der Waals surface area contributed by atoms with Crippen LogP contribution in [0.5, 0.6) is 0 Å². The van der Waals surface area contributed by atoms with Gasteiger partial charge in [-0.3, -0.25) is 4.18 Å². The molecule has 0 radical (unpaired) electrons. The SMILES string of the molecule is CCCCOCCC(COS(C)(=O)=O)C(O)CC. The lowest BCUT2D eigenvalue weighted by atomic mass is 9.98. The Kier molecular flexibility index (Phi) is 9.63. The molecule has 0 amide bonds. The first-order chi connectivity index (χ1) is 8.40. The van der Waals surface area contributed by atoms with Crippen LogP contribution in [0.25, 0.3) is 0 Å². The summed E-state index contributed by atoms with van der Waals surface area (Å²) in [5.74, 6) is -0.202. The van der Waals surface area contributed by atoms with Crippen molar-refractivity contribution < 1.29 is 22.4 Å². The zero-order valence-corrected chi connectivity index (χ0v) is 12.4. The van der Waals surface area contributed by atoms with Crippen molar-refractivity contribution in [3.05, 3.63) is 0 Å². The number of hydrogen-bond donors (Lipinski definition) is 1. The van der Waals surface area contributed by atoms with Crippen molar-refractivity contribution in [1.82, 2.24) is 0 Å². The van der Waals surface area contributed by atoms with Gasteiger partial charge < -0.3 is 9.84 Å². The van der Waals surface area contributed by atoms with Gasteiger partial charge in [0.1, 0.15) is 0 Å². The largest absolute Gasteiger partial charge is 0.393 e. The molecular weight excluding hydrogens is 256 g/mol. The fourth-order valence-corrected chi connectivity index (χ4v) is 1.94. The summed E-state index contributed by atoms with van der Waals surface area (Å²) in [7, 11) is -3.45. The molecule has 0 bridgehead atoms. The van der Waals surface area contributed by atoms with Crippen LogP contribution < -0.4 is 0 Å². The van der Waals surface area contributed by atoms with E-state index in [-0.39, 0.29) is 12.5 Å². The van der Waals surface area contributed by atoms with E-state index in [1.54, 1.807) is 0 Å². The highest BCUT2D eigenvalue weighted by atomic mass is 32.2. The molecule has 0 heterocycles. The third kappa shape index (κ3) is 9.82. The molecule has 0 aromatic heterocycles. The van der Waals surface area contributed by atoms with E-state index < -0.39 is 16.2 Å². The van der Waals surface area contributed by atoms with Gasteiger partial charge in [-0.1, -0.05) is 20.3 Å². The van der Waals surface area contributed by atoms with Gasteiger partial charge in [0.25, 0.3) is 10.1 Å². The summed E-state index contributed by atoms with van der Waals surface area (Å²) in [6.45, 7) is 5.20. The second kappa shape index (κ2) is 9.72. The average Bonchev–Trinajstić information content (AvgIpc) is 2.30. The number of aliphatic hydroxyl groups is 1. The molecule has 0 fully saturated rings. The maximum Gasteiger partial charge on any atom is 0.264 e. The van der Waals surface area contributed by atoms with Crippen molar-refractivity contribution >= 4 is 10.1 Å². The van der Waals surface area contributed by atoms with Gasteiger partial charge in [0.15, 0.2) is 0 Å². The first-order valence-corrected chi connectivity index (χ1v) is 8.32. The first-order valence-electron chi connectivity index (χ1n) is 6.50. The number of hydrogen-bond acceptors (Lipinski definition) is 5. The van der Waals surface area contributed by atoms with Crippen molar-refractivity contribution in [2.45, 2.75) is 45.6 Å². The van der Waals surface area contributed by atoms with Gasteiger partial charge in [0.05, 0.1) is 19.0 Å². The molecule has 0 saturated heterocycles. The van der Waals surface area contributed by atoms with Crippen LogP contribution in [0.15, 0.2) is 0 Å². The minimum atomic E-state index is -3.45. The summed E-state index contributed by atoms with van der Waals surface area (Å²) in [5, 5.41) is 9.79. The molecule has 5 nitrogen and oxygen atoms in total. The Morgan fingerprint density at radius 3 is 2.39 bits per heavy atom. The molecule has 0 aliphatic carbocycles. The summed E-state index contributed by atoms with van der Waals surface area (Å²) in [6.07, 6.45) is 3.74. The lowest BCUT2D eigenvalue weighted by molar-refractivity contribution is 0.0412. The van der Waals surface area contributed by atoms with Crippen LogP contribution in [0, 0.1) is 5.92 Å². The Hall–Kier alpha value is -0.170. The highest BCUT2D eigenvalue weighted by molar-refractivity contribution is 7.85. The van der Waals surface area contributed by atoms with Gasteiger partial charge in [0.2, 0.25) is 0 Å². The van der Waals surface area contributed by atoms with Gasteiger partial charge in [0, 0.05) is 19.1 Å². The Balaban J connectivity index is 4.00. The van der Waals surface area contributed by atoms with Crippen LogP contribution >= 0.6 is 0 Å². The van der Waals surface area contributed by atoms with Crippen LogP contribution in [0.3, 0.4) is 0 Å². The monoisotopic (exact) mass is 282 g/mol. The predicted molar refractivity (Wildman–Crippen MR) is 70.9 cm³/mol. The molecule has 1 N–H and O–H groups in total. The fraction of sp³-hybridized carbons (Fsp3) is 1.00. The Labute approximate surface area is 111 Å². The molecule has 2 atom stereocenters. The maximum atomic E-state index is 10.9. The molecule has 0 aromatic carbocycles. The molecule has 0 spiro atoms. The van der Waals surface area contributed by atoms with Crippen molar-refractivity contribution in [2.24, 2.45) is 5.92 Å². The lowest BCUT2D eigenvalue weighted by Gasteiger charge is -2.21. The predicted octanol–water partition coefficient (Wildman–Crippen LogP) is 1.56. The number of ether oxygens (including phenoxy) is 1. The van der Waals surface area contributed by atoms with Crippen molar-refractivity contribution in [2.75, 3.05) is 26.1 Å². The Bertz CT molecular complexity index is 289. The molecule has 2 unspecified atom stereocenters. The zero-order valence-electron chi connectivity index (χ0n) is 11.6. The van der Waals surface area contributed by atoms with Crippen molar-refractivity contribution in [3.8, 4) is 0 Å². The number of aliphatic hydroxyl groups excluding tert-OH is 1. The topological polar surface area (TPSA) is 72.8 Å². The van der Waals surface area contributed by atoms with Crippen LogP contribution in [0.1, 0.15) is 39.5 Å². The Morgan fingerprint density at radius 2 is 1.89 bits per heavy atom. The molecule has 0 aliphatic rings. The fourth-order valence-electron chi connectivity index (χ4n) is 1.51. The minimum Gasteiger partial charge on any atom is -0.393 e. The first kappa shape index (κ1) is 17.8. The summed E-state index contributed by atoms with van der Waals surface area (Å²) in [4.78, 5) is 0. The van der Waals surface area contributed by atoms with Gasteiger partial charge in [-0.15, -0.1) is 0 Å². The van der Waals surface area contributed by atoms with E-state index in [4.69, 9.17) is 8.92 Å². The third-order valence-corrected chi connectivity index (χ3v) is 3.30. The van der Waals surface area contributed by atoms with Gasteiger partial charge in [-0.05, 0) is 19.3 Å². The standard InChI is InChI=1S/C12H26O5S/c1-4-6-8-16-9-7-11(12(13)5-2)10-17-18(3,14)15/h11-13H,4-10H2,1-3H3. The second-order valence-corrected chi connectivity index (χ2v) is 6.12. The van der Waals surface area contributed by atoms with Gasteiger partial charge in [-0.25, -0.2) is 0 Å². The zero-order chi connectivity index (χ0) is 14.0. The smallest absolute Gasteiger partial charge is 0.264 e. The summed E-state index contributed by atoms with van der Waals surface area (Å²) in [5.41, 5.74) is 0. The quantitative estimate of drug-likeness (QED) is 0.460. The van der Waals surface area contributed by atoms with E-state index in [0.717, 1.165) is 19.1 Å².